The van der Waals surface area contributed by atoms with E-state index in [-0.39, 0.29) is 5.92 Å². The van der Waals surface area contributed by atoms with Crippen molar-refractivity contribution in [2.75, 3.05) is 0 Å². The topological polar surface area (TPSA) is 115 Å². The van der Waals surface area contributed by atoms with Gasteiger partial charge in [0.25, 0.3) is 0 Å². The normalized spacial score (nSPS) is 12.3. The molecule has 1 unspecified atom stereocenters. The van der Waals surface area contributed by atoms with Gasteiger partial charge in [-0.2, -0.15) is 0 Å². The molecule has 0 radical (unpaired) electrons. The van der Waals surface area contributed by atoms with Crippen LogP contribution in [0.2, 0.25) is 0 Å². The van der Waals surface area contributed by atoms with Gasteiger partial charge in [-0.1, -0.05) is 104 Å². The maximum atomic E-state index is 11.3. The lowest BCUT2D eigenvalue weighted by atomic mass is 9.94. The van der Waals surface area contributed by atoms with Crippen LogP contribution in [0.5, 0.6) is 0 Å². The predicted molar refractivity (Wildman–Crippen MR) is 111 cm³/mol. The highest BCUT2D eigenvalue weighted by Crippen LogP contribution is 2.25. The summed E-state index contributed by atoms with van der Waals surface area (Å²) >= 11 is 0. The van der Waals surface area contributed by atoms with Gasteiger partial charge in [-0.15, -0.1) is 0 Å². The number of carboxylic acids is 1. The van der Waals surface area contributed by atoms with E-state index in [1.54, 1.807) is 0 Å². The summed E-state index contributed by atoms with van der Waals surface area (Å²) in [6.07, 6.45) is 19.6. The van der Waals surface area contributed by atoms with Crippen LogP contribution in [-0.2, 0) is 9.36 Å². The molecule has 0 spiro atoms. The van der Waals surface area contributed by atoms with Crippen LogP contribution in [-0.4, -0.2) is 25.8 Å². The Hall–Kier alpha value is -0.420. The standard InChI is InChI=1S/C20H40O2.H3O4P/c1-3-5-7-9-11-12-14-16-18-19(20(21)22)17-15-13-10-8-6-4-2;1-5(2,3)4/h19H,3-18H2,1-2H3,(H,21,22);(H3,1,2,3,4). The number of hydrogen-bond donors (Lipinski definition) is 4. The van der Waals surface area contributed by atoms with Crippen molar-refractivity contribution in [2.24, 2.45) is 5.92 Å². The molecule has 0 aliphatic carbocycles. The quantitative estimate of drug-likeness (QED) is 0.172. The van der Waals surface area contributed by atoms with Gasteiger partial charge in [0.15, 0.2) is 0 Å². The Labute approximate surface area is 166 Å². The first kappa shape index (κ1) is 28.8. The van der Waals surface area contributed by atoms with E-state index in [2.05, 4.69) is 13.8 Å². The fraction of sp³-hybridized carbons (Fsp3) is 0.950. The van der Waals surface area contributed by atoms with Gasteiger partial charge in [0.1, 0.15) is 0 Å². The second kappa shape index (κ2) is 20.3. The van der Waals surface area contributed by atoms with Crippen molar-refractivity contribution in [3.8, 4) is 0 Å². The number of rotatable bonds is 17. The molecular formula is C20H43O6P. The van der Waals surface area contributed by atoms with Gasteiger partial charge in [0, 0.05) is 0 Å². The van der Waals surface area contributed by atoms with E-state index in [1.165, 1.54) is 77.0 Å². The Morgan fingerprint density at radius 1 is 0.667 bits per heavy atom. The average molecular weight is 411 g/mol. The van der Waals surface area contributed by atoms with Gasteiger partial charge in [0.05, 0.1) is 5.92 Å². The summed E-state index contributed by atoms with van der Waals surface area (Å²) in [5, 5.41) is 9.31. The summed E-state index contributed by atoms with van der Waals surface area (Å²) in [5.41, 5.74) is 0. The molecule has 0 aromatic rings. The van der Waals surface area contributed by atoms with Crippen LogP contribution in [0.4, 0.5) is 0 Å². The molecule has 0 rings (SSSR count). The van der Waals surface area contributed by atoms with E-state index in [4.69, 9.17) is 19.2 Å². The fourth-order valence-electron chi connectivity index (χ4n) is 3.09. The number of phosphoric acid groups is 1. The summed E-state index contributed by atoms with van der Waals surface area (Å²) < 4.78 is 8.88. The van der Waals surface area contributed by atoms with E-state index >= 15 is 0 Å². The molecule has 0 saturated carbocycles. The van der Waals surface area contributed by atoms with E-state index in [0.29, 0.717) is 0 Å². The Kier molecular flexibility index (Phi) is 21.7. The molecule has 0 saturated heterocycles. The first-order chi connectivity index (χ1) is 12.7. The average Bonchev–Trinajstić information content (AvgIpc) is 2.56. The van der Waals surface area contributed by atoms with Crippen molar-refractivity contribution in [3.63, 3.8) is 0 Å². The molecule has 0 aromatic heterocycles. The second-order valence-corrected chi connectivity index (χ2v) is 8.39. The highest BCUT2D eigenvalue weighted by Gasteiger charge is 2.16. The first-order valence-electron chi connectivity index (χ1n) is 10.7. The Morgan fingerprint density at radius 2 is 0.926 bits per heavy atom. The van der Waals surface area contributed by atoms with Crippen LogP contribution in [0.3, 0.4) is 0 Å². The van der Waals surface area contributed by atoms with Gasteiger partial charge in [-0.25, -0.2) is 4.57 Å². The van der Waals surface area contributed by atoms with E-state index in [0.717, 1.165) is 25.7 Å². The predicted octanol–water partition coefficient (Wildman–Crippen LogP) is 6.04. The van der Waals surface area contributed by atoms with Crippen LogP contribution in [0.15, 0.2) is 0 Å². The third-order valence-corrected chi connectivity index (χ3v) is 4.66. The molecule has 0 fully saturated rings. The Morgan fingerprint density at radius 3 is 1.19 bits per heavy atom. The number of aliphatic carboxylic acids is 1. The molecule has 27 heavy (non-hydrogen) atoms. The zero-order valence-electron chi connectivity index (χ0n) is 17.4. The van der Waals surface area contributed by atoms with Crippen molar-refractivity contribution in [2.45, 2.75) is 117 Å². The summed E-state index contributed by atoms with van der Waals surface area (Å²) in [6, 6.07) is 0. The van der Waals surface area contributed by atoms with Gasteiger partial charge in [0.2, 0.25) is 0 Å². The fourth-order valence-corrected chi connectivity index (χ4v) is 3.09. The molecule has 0 heterocycles. The molecular weight excluding hydrogens is 367 g/mol. The van der Waals surface area contributed by atoms with Crippen molar-refractivity contribution >= 4 is 13.8 Å². The second-order valence-electron chi connectivity index (χ2n) is 7.37. The maximum absolute atomic E-state index is 11.3. The molecule has 7 heteroatoms. The smallest absolute Gasteiger partial charge is 0.466 e. The largest absolute Gasteiger partial charge is 0.481 e. The zero-order chi connectivity index (χ0) is 21.0. The number of hydrogen-bond acceptors (Lipinski definition) is 2. The van der Waals surface area contributed by atoms with E-state index in [1.807, 2.05) is 0 Å². The lowest BCUT2D eigenvalue weighted by Gasteiger charge is -2.12. The van der Waals surface area contributed by atoms with Crippen molar-refractivity contribution < 1.29 is 29.1 Å². The summed E-state index contributed by atoms with van der Waals surface area (Å²) in [5.74, 6) is -0.664. The van der Waals surface area contributed by atoms with Crippen LogP contribution >= 0.6 is 7.82 Å². The van der Waals surface area contributed by atoms with Gasteiger partial charge < -0.3 is 19.8 Å². The first-order valence-corrected chi connectivity index (χ1v) is 12.3. The molecule has 1 atom stereocenters. The molecule has 0 amide bonds. The van der Waals surface area contributed by atoms with E-state index in [9.17, 15) is 9.90 Å². The molecule has 0 aliphatic rings. The van der Waals surface area contributed by atoms with Crippen LogP contribution < -0.4 is 0 Å². The van der Waals surface area contributed by atoms with Crippen LogP contribution in [0.25, 0.3) is 0 Å². The zero-order valence-corrected chi connectivity index (χ0v) is 18.3. The number of unbranched alkanes of at least 4 members (excludes halogenated alkanes) is 12. The van der Waals surface area contributed by atoms with Crippen molar-refractivity contribution in [1.82, 2.24) is 0 Å². The van der Waals surface area contributed by atoms with Gasteiger partial charge >= 0.3 is 13.8 Å². The van der Waals surface area contributed by atoms with Crippen molar-refractivity contribution in [3.05, 3.63) is 0 Å². The van der Waals surface area contributed by atoms with Crippen LogP contribution in [0.1, 0.15) is 117 Å². The highest BCUT2D eigenvalue weighted by atomic mass is 31.2. The Bertz CT molecular complexity index is 361. The molecule has 0 aliphatic heterocycles. The monoisotopic (exact) mass is 410 g/mol. The summed E-state index contributed by atoms with van der Waals surface area (Å²) in [7, 11) is -4.64. The molecule has 0 aromatic carbocycles. The lowest BCUT2D eigenvalue weighted by Crippen LogP contribution is -2.13. The molecule has 6 nitrogen and oxygen atoms in total. The minimum atomic E-state index is -4.64. The Balaban J connectivity index is 0. The van der Waals surface area contributed by atoms with Crippen LogP contribution in [0, 0.1) is 5.92 Å². The molecule has 0 bridgehead atoms. The third kappa shape index (κ3) is 30.5. The van der Waals surface area contributed by atoms with Gasteiger partial charge in [-0.05, 0) is 12.8 Å². The minimum Gasteiger partial charge on any atom is -0.481 e. The van der Waals surface area contributed by atoms with E-state index < -0.39 is 13.8 Å². The molecule has 164 valence electrons. The number of carboxylic acid groups (broad SMARTS) is 1. The SMILES string of the molecule is CCCCCCCCCCC(CCCCCCCC)C(=O)O.O=P(O)(O)O. The van der Waals surface area contributed by atoms with Gasteiger partial charge in [-0.3, -0.25) is 4.79 Å². The minimum absolute atomic E-state index is 0.0914. The number of carbonyl (C=O) groups is 1. The summed E-state index contributed by atoms with van der Waals surface area (Å²) in [6.45, 7) is 4.47. The third-order valence-electron chi connectivity index (χ3n) is 4.66. The molecule has 4 N–H and O–H groups in total. The highest BCUT2D eigenvalue weighted by molar-refractivity contribution is 7.45. The van der Waals surface area contributed by atoms with Crippen molar-refractivity contribution in [1.29, 1.82) is 0 Å². The maximum Gasteiger partial charge on any atom is 0.466 e. The lowest BCUT2D eigenvalue weighted by molar-refractivity contribution is -0.142. The summed E-state index contributed by atoms with van der Waals surface area (Å²) in [4.78, 5) is 32.9.